The van der Waals surface area contributed by atoms with E-state index in [9.17, 15) is 9.18 Å². The van der Waals surface area contributed by atoms with Crippen molar-refractivity contribution in [2.45, 2.75) is 33.2 Å². The summed E-state index contributed by atoms with van der Waals surface area (Å²) in [6.07, 6.45) is 1.72. The Bertz CT molecular complexity index is 663. The van der Waals surface area contributed by atoms with E-state index in [2.05, 4.69) is 19.2 Å². The van der Waals surface area contributed by atoms with Crippen LogP contribution < -0.4 is 5.32 Å². The highest BCUT2D eigenvalue weighted by Gasteiger charge is 2.14. The molecule has 0 aromatic heterocycles. The van der Waals surface area contributed by atoms with Crippen LogP contribution in [0.15, 0.2) is 42.5 Å². The number of benzene rings is 2. The molecule has 23 heavy (non-hydrogen) atoms. The number of para-hydroxylation sites is 1. The Morgan fingerprint density at radius 2 is 1.70 bits per heavy atom. The molecular formula is C19H23FN2O. The number of nitrogens with zero attached hydrogens (tertiary/aromatic N) is 1. The first-order chi connectivity index (χ1) is 11.0. The van der Waals surface area contributed by atoms with Gasteiger partial charge in [0.05, 0.1) is 0 Å². The van der Waals surface area contributed by atoms with Gasteiger partial charge in [0, 0.05) is 19.3 Å². The monoisotopic (exact) mass is 314 g/mol. The number of hydrogen-bond acceptors (Lipinski definition) is 1. The van der Waals surface area contributed by atoms with Gasteiger partial charge in [-0.2, -0.15) is 0 Å². The number of aryl methyl sites for hydroxylation is 2. The average Bonchev–Trinajstić information content (AvgIpc) is 2.54. The first-order valence-corrected chi connectivity index (χ1v) is 7.92. The Balaban J connectivity index is 2.12. The van der Waals surface area contributed by atoms with Gasteiger partial charge in [0.2, 0.25) is 0 Å². The highest BCUT2D eigenvalue weighted by atomic mass is 19.1. The topological polar surface area (TPSA) is 32.3 Å². The fourth-order valence-corrected chi connectivity index (χ4v) is 2.59. The van der Waals surface area contributed by atoms with Crippen molar-refractivity contribution in [2.75, 3.05) is 12.4 Å². The van der Waals surface area contributed by atoms with Crippen molar-refractivity contribution in [3.8, 4) is 0 Å². The lowest BCUT2D eigenvalue weighted by Gasteiger charge is -2.21. The van der Waals surface area contributed by atoms with E-state index in [4.69, 9.17) is 0 Å². The summed E-state index contributed by atoms with van der Waals surface area (Å²) in [6.45, 7) is 4.50. The first kappa shape index (κ1) is 17.0. The summed E-state index contributed by atoms with van der Waals surface area (Å²) in [4.78, 5) is 14.0. The molecule has 2 aromatic rings. The van der Waals surface area contributed by atoms with Crippen molar-refractivity contribution < 1.29 is 9.18 Å². The van der Waals surface area contributed by atoms with Gasteiger partial charge in [-0.1, -0.05) is 44.2 Å². The molecule has 0 aliphatic carbocycles. The van der Waals surface area contributed by atoms with E-state index in [-0.39, 0.29) is 11.8 Å². The zero-order valence-electron chi connectivity index (χ0n) is 13.9. The molecule has 0 fully saturated rings. The number of hydrogen-bond donors (Lipinski definition) is 1. The molecule has 1 N–H and O–H groups in total. The van der Waals surface area contributed by atoms with Gasteiger partial charge in [-0.25, -0.2) is 9.18 Å². The molecule has 0 saturated heterocycles. The summed E-state index contributed by atoms with van der Waals surface area (Å²) in [7, 11) is 1.71. The van der Waals surface area contributed by atoms with Gasteiger partial charge in [0.1, 0.15) is 5.82 Å². The second-order valence-corrected chi connectivity index (χ2v) is 5.57. The molecular weight excluding hydrogens is 291 g/mol. The molecule has 2 amide bonds. The molecule has 0 radical (unpaired) electrons. The van der Waals surface area contributed by atoms with Gasteiger partial charge in [0.15, 0.2) is 0 Å². The summed E-state index contributed by atoms with van der Waals surface area (Å²) < 4.78 is 13.2. The molecule has 0 heterocycles. The number of amides is 2. The Morgan fingerprint density at radius 1 is 1.09 bits per heavy atom. The minimum atomic E-state index is -0.291. The maximum atomic E-state index is 13.2. The van der Waals surface area contributed by atoms with Crippen molar-refractivity contribution >= 4 is 11.7 Å². The van der Waals surface area contributed by atoms with E-state index >= 15 is 0 Å². The average molecular weight is 314 g/mol. The van der Waals surface area contributed by atoms with Crippen molar-refractivity contribution in [2.24, 2.45) is 0 Å². The SMILES string of the molecule is CCc1cccc(CC)c1NC(=O)N(C)Cc1cccc(F)c1. The number of urea groups is 1. The maximum absolute atomic E-state index is 13.2. The normalized spacial score (nSPS) is 10.4. The first-order valence-electron chi connectivity index (χ1n) is 7.92. The van der Waals surface area contributed by atoms with Crippen LogP contribution in [0.25, 0.3) is 0 Å². The largest absolute Gasteiger partial charge is 0.323 e. The van der Waals surface area contributed by atoms with Crippen LogP contribution in [0.5, 0.6) is 0 Å². The number of carbonyl (C=O) groups is 1. The summed E-state index contributed by atoms with van der Waals surface area (Å²) in [5.74, 6) is -0.291. The van der Waals surface area contributed by atoms with Gasteiger partial charge in [0.25, 0.3) is 0 Å². The minimum Gasteiger partial charge on any atom is -0.323 e. The molecule has 0 saturated carbocycles. The smallest absolute Gasteiger partial charge is 0.321 e. The highest BCUT2D eigenvalue weighted by molar-refractivity contribution is 5.91. The molecule has 0 bridgehead atoms. The Hall–Kier alpha value is -2.36. The lowest BCUT2D eigenvalue weighted by Crippen LogP contribution is -2.31. The molecule has 0 aliphatic heterocycles. The van der Waals surface area contributed by atoms with Gasteiger partial charge in [-0.05, 0) is 41.7 Å². The molecule has 3 nitrogen and oxygen atoms in total. The van der Waals surface area contributed by atoms with Crippen molar-refractivity contribution in [1.29, 1.82) is 0 Å². The Morgan fingerprint density at radius 3 is 2.26 bits per heavy atom. The molecule has 2 rings (SSSR count). The Kier molecular flexibility index (Phi) is 5.74. The second kappa shape index (κ2) is 7.77. The van der Waals surface area contributed by atoms with Crippen LogP contribution in [0.4, 0.5) is 14.9 Å². The van der Waals surface area contributed by atoms with Crippen LogP contribution >= 0.6 is 0 Å². The van der Waals surface area contributed by atoms with Gasteiger partial charge >= 0.3 is 6.03 Å². The summed E-state index contributed by atoms with van der Waals surface area (Å²) >= 11 is 0. The number of anilines is 1. The van der Waals surface area contributed by atoms with Crippen LogP contribution in [0.2, 0.25) is 0 Å². The fourth-order valence-electron chi connectivity index (χ4n) is 2.59. The van der Waals surface area contributed by atoms with Crippen molar-refractivity contribution in [3.63, 3.8) is 0 Å². The number of carbonyl (C=O) groups excluding carboxylic acids is 1. The molecule has 4 heteroatoms. The van der Waals surface area contributed by atoms with Crippen LogP contribution in [0.1, 0.15) is 30.5 Å². The van der Waals surface area contributed by atoms with E-state index in [0.29, 0.717) is 6.54 Å². The number of nitrogens with one attached hydrogen (secondary N) is 1. The second-order valence-electron chi connectivity index (χ2n) is 5.57. The third-order valence-corrected chi connectivity index (χ3v) is 3.89. The van der Waals surface area contributed by atoms with Crippen LogP contribution in [-0.4, -0.2) is 18.0 Å². The van der Waals surface area contributed by atoms with E-state index in [0.717, 1.165) is 35.2 Å². The van der Waals surface area contributed by atoms with E-state index in [1.165, 1.54) is 12.1 Å². The zero-order chi connectivity index (χ0) is 16.8. The highest BCUT2D eigenvalue weighted by Crippen LogP contribution is 2.23. The molecule has 0 atom stereocenters. The predicted molar refractivity (Wildman–Crippen MR) is 92.1 cm³/mol. The Labute approximate surface area is 137 Å². The molecule has 0 aliphatic rings. The lowest BCUT2D eigenvalue weighted by molar-refractivity contribution is 0.220. The van der Waals surface area contributed by atoms with E-state index < -0.39 is 0 Å². The van der Waals surface area contributed by atoms with Crippen LogP contribution in [0, 0.1) is 5.82 Å². The van der Waals surface area contributed by atoms with E-state index in [1.807, 2.05) is 24.3 Å². The number of rotatable bonds is 5. The van der Waals surface area contributed by atoms with Crippen LogP contribution in [0.3, 0.4) is 0 Å². The van der Waals surface area contributed by atoms with Gasteiger partial charge in [-0.15, -0.1) is 0 Å². The fraction of sp³-hybridized carbons (Fsp3) is 0.316. The molecule has 2 aromatic carbocycles. The summed E-state index contributed by atoms with van der Waals surface area (Å²) in [6, 6.07) is 12.2. The lowest BCUT2D eigenvalue weighted by atomic mass is 10.0. The zero-order valence-corrected chi connectivity index (χ0v) is 13.9. The molecule has 0 unspecified atom stereocenters. The standard InChI is InChI=1S/C19H23FN2O/c1-4-15-9-7-10-16(5-2)18(15)21-19(23)22(3)13-14-8-6-11-17(20)12-14/h6-12H,4-5,13H2,1-3H3,(H,21,23). The molecule has 122 valence electrons. The van der Waals surface area contributed by atoms with Crippen LogP contribution in [-0.2, 0) is 19.4 Å². The van der Waals surface area contributed by atoms with Gasteiger partial charge in [-0.3, -0.25) is 0 Å². The van der Waals surface area contributed by atoms with Crippen molar-refractivity contribution in [3.05, 3.63) is 65.0 Å². The number of halogens is 1. The molecule has 0 spiro atoms. The third kappa shape index (κ3) is 4.31. The third-order valence-electron chi connectivity index (χ3n) is 3.89. The summed E-state index contributed by atoms with van der Waals surface area (Å²) in [5.41, 5.74) is 3.91. The van der Waals surface area contributed by atoms with Crippen molar-refractivity contribution in [1.82, 2.24) is 4.90 Å². The summed E-state index contributed by atoms with van der Waals surface area (Å²) in [5, 5.41) is 3.01. The maximum Gasteiger partial charge on any atom is 0.321 e. The van der Waals surface area contributed by atoms with E-state index in [1.54, 1.807) is 18.0 Å². The predicted octanol–water partition coefficient (Wildman–Crippen LogP) is 4.61. The van der Waals surface area contributed by atoms with Gasteiger partial charge < -0.3 is 10.2 Å². The minimum absolute atomic E-state index is 0.190. The quantitative estimate of drug-likeness (QED) is 0.858.